The quantitative estimate of drug-likeness (QED) is 0.320. The van der Waals surface area contributed by atoms with Crippen molar-refractivity contribution >= 4 is 117 Å². The Morgan fingerprint density at radius 1 is 1.00 bits per heavy atom. The van der Waals surface area contributed by atoms with E-state index in [4.69, 9.17) is 0 Å². The SMILES string of the molecule is O.[AlH3].[CaH2].[KH].[SiH4]. The fraction of sp³-hybridized carbons (Fsp3) is 0. The smallest absolute Gasteiger partial charge is 0.0149 e. The molecule has 5 heteroatoms. The molecular weight excluding hydrogens is 150 g/mol. The molecule has 0 aliphatic carbocycles. The summed E-state index contributed by atoms with van der Waals surface area (Å²) in [6.45, 7) is 0. The first kappa shape index (κ1) is 38.3. The van der Waals surface area contributed by atoms with Gasteiger partial charge in [-0.25, -0.2) is 0 Å². The van der Waals surface area contributed by atoms with E-state index in [1.807, 2.05) is 0 Å². The van der Waals surface area contributed by atoms with Crippen molar-refractivity contribution in [1.82, 2.24) is 0 Å². The Bertz CT molecular complexity index is 11.6. The van der Waals surface area contributed by atoms with Crippen LogP contribution in [0.25, 0.3) is 0 Å². The zero-order chi connectivity index (χ0) is 0. The van der Waals surface area contributed by atoms with Crippen LogP contribution < -0.4 is 0 Å². The van der Waals surface area contributed by atoms with E-state index in [0.717, 1.165) is 0 Å². The summed E-state index contributed by atoms with van der Waals surface area (Å²) in [5.41, 5.74) is 0. The Hall–Kier alpha value is 3.61. The Labute approximate surface area is 120 Å². The second-order valence-electron chi connectivity index (χ2n) is 0. The average Bonchev–Trinajstić information content (AvgIpc) is 0. The maximum Gasteiger partial charge on any atom is -0.0149 e. The van der Waals surface area contributed by atoms with E-state index in [9.17, 15) is 0 Å². The Morgan fingerprint density at radius 3 is 1.00 bits per heavy atom. The van der Waals surface area contributed by atoms with Gasteiger partial charge in [-0.2, -0.15) is 0 Å². The number of hydrogen-bond donors (Lipinski definition) is 0. The Morgan fingerprint density at radius 2 is 1.00 bits per heavy atom. The number of hydrogen-bond acceptors (Lipinski definition) is 0. The molecule has 0 rings (SSSR count). The first-order chi connectivity index (χ1) is 0. The summed E-state index contributed by atoms with van der Waals surface area (Å²) in [7, 11) is 0. The van der Waals surface area contributed by atoms with Crippen LogP contribution in [0.4, 0.5) is 0 Å². The van der Waals surface area contributed by atoms with Crippen LogP contribution in [0, 0.1) is 0 Å². The maximum absolute atomic E-state index is 0. The van der Waals surface area contributed by atoms with E-state index in [1.54, 1.807) is 0 Å². The van der Waals surface area contributed by atoms with Crippen molar-refractivity contribution in [2.24, 2.45) is 0 Å². The predicted octanol–water partition coefficient (Wildman–Crippen LogP) is -5.02. The van der Waals surface area contributed by atoms with Crippen LogP contribution in [-0.2, 0) is 0 Å². The van der Waals surface area contributed by atoms with E-state index in [2.05, 4.69) is 0 Å². The van der Waals surface area contributed by atoms with E-state index < -0.39 is 0 Å². The van der Waals surface area contributed by atoms with E-state index in [-0.39, 0.29) is 123 Å². The molecule has 0 fully saturated rings. The molecule has 0 aromatic heterocycles. The fourth-order valence-corrected chi connectivity index (χ4v) is 0. The molecule has 0 unspecified atom stereocenters. The standard InChI is InChI=1S/Al.Ca.K.H2O.H4Si.6H/h;;;1H2;1H4;;;;;;. The molecule has 0 aliphatic heterocycles. The van der Waals surface area contributed by atoms with Gasteiger partial charge >= 0.3 is 89.1 Å². The minimum Gasteiger partial charge on any atom is -0.0149 e. The van der Waals surface area contributed by atoms with Crippen LogP contribution >= 0.6 is 0 Å². The van der Waals surface area contributed by atoms with Gasteiger partial charge in [-0.3, -0.25) is 0 Å². The minimum absolute atomic E-state index is 0. The van der Waals surface area contributed by atoms with Gasteiger partial charge in [0.05, 0.1) is 0 Å². The molecule has 28 valence electrons. The summed E-state index contributed by atoms with van der Waals surface area (Å²) in [5.74, 6) is 0. The molecular formula is H12AlCaKOSi. The van der Waals surface area contributed by atoms with Gasteiger partial charge in [0.1, 0.15) is 0 Å². The van der Waals surface area contributed by atoms with E-state index in [1.165, 1.54) is 0 Å². The fourth-order valence-electron chi connectivity index (χ4n) is 0. The van der Waals surface area contributed by atoms with Crippen molar-refractivity contribution in [3.8, 4) is 0 Å². The van der Waals surface area contributed by atoms with Crippen molar-refractivity contribution in [3.05, 3.63) is 0 Å². The van der Waals surface area contributed by atoms with Crippen molar-refractivity contribution < 1.29 is 5.48 Å². The molecule has 0 radical (unpaired) electrons. The molecule has 1 nitrogen and oxygen atoms in total. The summed E-state index contributed by atoms with van der Waals surface area (Å²) in [4.78, 5) is 0. The van der Waals surface area contributed by atoms with Crippen LogP contribution in [0.3, 0.4) is 0 Å². The first-order valence-electron chi connectivity index (χ1n) is 0. The molecule has 0 aromatic carbocycles. The molecule has 0 amide bonds. The third-order valence-corrected chi connectivity index (χ3v) is 0. The van der Waals surface area contributed by atoms with Gasteiger partial charge in [0.2, 0.25) is 0 Å². The molecule has 2 N–H and O–H groups in total. The summed E-state index contributed by atoms with van der Waals surface area (Å²) in [5, 5.41) is 0. The molecule has 0 aromatic rings. The van der Waals surface area contributed by atoms with Gasteiger partial charge < -0.3 is 5.48 Å². The number of rotatable bonds is 0. The van der Waals surface area contributed by atoms with Crippen LogP contribution in [-0.4, -0.2) is 123 Å². The third-order valence-electron chi connectivity index (χ3n) is 0. The molecule has 0 atom stereocenters. The van der Waals surface area contributed by atoms with Crippen molar-refractivity contribution in [2.45, 2.75) is 0 Å². The van der Waals surface area contributed by atoms with Crippen LogP contribution in [0.2, 0.25) is 0 Å². The van der Waals surface area contributed by atoms with E-state index >= 15 is 0 Å². The van der Waals surface area contributed by atoms with Crippen LogP contribution in [0.1, 0.15) is 0 Å². The molecule has 0 bridgehead atoms. The Kier molecular flexibility index (Phi) is 195. The molecule has 0 aliphatic rings. The second kappa shape index (κ2) is 25.5. The zero-order valence-electron chi connectivity index (χ0n) is 0.500. The summed E-state index contributed by atoms with van der Waals surface area (Å²) in [6.07, 6.45) is 0. The molecule has 0 saturated carbocycles. The zero-order valence-corrected chi connectivity index (χ0v) is 0.500. The summed E-state index contributed by atoms with van der Waals surface area (Å²) >= 11 is 0. The van der Waals surface area contributed by atoms with Gasteiger partial charge in [0, 0.05) is 0 Å². The summed E-state index contributed by atoms with van der Waals surface area (Å²) < 4.78 is 0. The average molecular weight is 162 g/mol. The predicted molar refractivity (Wildman–Crippen MR) is 40.6 cm³/mol. The molecule has 0 spiro atoms. The van der Waals surface area contributed by atoms with Crippen molar-refractivity contribution in [1.29, 1.82) is 0 Å². The van der Waals surface area contributed by atoms with Gasteiger partial charge in [-0.15, -0.1) is 0 Å². The first-order valence-corrected chi connectivity index (χ1v) is 0. The molecule has 0 heterocycles. The van der Waals surface area contributed by atoms with Crippen molar-refractivity contribution in [3.63, 3.8) is 0 Å². The van der Waals surface area contributed by atoms with Gasteiger partial charge in [-0.05, 0) is 11.0 Å². The summed E-state index contributed by atoms with van der Waals surface area (Å²) in [6, 6.07) is 0. The van der Waals surface area contributed by atoms with Gasteiger partial charge in [0.25, 0.3) is 0 Å². The van der Waals surface area contributed by atoms with Crippen LogP contribution in [0.5, 0.6) is 0 Å². The third kappa shape index (κ3) is 18.4. The Balaban J connectivity index is 0. The van der Waals surface area contributed by atoms with Crippen LogP contribution in [0.15, 0.2) is 0 Å². The topological polar surface area (TPSA) is 31.5 Å². The largest absolute Gasteiger partial charge is 0.0149 e. The maximum atomic E-state index is 0. The van der Waals surface area contributed by atoms with Crippen molar-refractivity contribution in [2.75, 3.05) is 0 Å². The van der Waals surface area contributed by atoms with Gasteiger partial charge in [0.15, 0.2) is 17.4 Å². The second-order valence-corrected chi connectivity index (χ2v) is 0. The monoisotopic (exact) mass is 162 g/mol. The minimum atomic E-state index is 0. The molecule has 0 saturated heterocycles. The normalized spacial score (nSPS) is 0. The van der Waals surface area contributed by atoms with E-state index in [0.29, 0.717) is 0 Å². The van der Waals surface area contributed by atoms with Gasteiger partial charge in [-0.1, -0.05) is 0 Å². The molecule has 5 heavy (non-hydrogen) atoms.